The van der Waals surface area contributed by atoms with Crippen LogP contribution in [0.1, 0.15) is 11.1 Å². The van der Waals surface area contributed by atoms with Crippen LogP contribution in [0, 0.1) is 6.92 Å². The summed E-state index contributed by atoms with van der Waals surface area (Å²) in [4.78, 5) is 0. The summed E-state index contributed by atoms with van der Waals surface area (Å²) < 4.78 is 5.40. The van der Waals surface area contributed by atoms with Gasteiger partial charge in [-0.15, -0.1) is 5.10 Å². The average Bonchev–Trinajstić information content (AvgIpc) is 2.66. The summed E-state index contributed by atoms with van der Waals surface area (Å²) >= 11 is 0. The molecule has 2 aromatic rings. The van der Waals surface area contributed by atoms with Crippen LogP contribution >= 0.6 is 0 Å². The lowest BCUT2D eigenvalue weighted by Crippen LogP contribution is -2.03. The first-order valence-electron chi connectivity index (χ1n) is 4.87. The Labute approximate surface area is 88.1 Å². The molecule has 0 aromatic carbocycles. The predicted molar refractivity (Wildman–Crippen MR) is 57.2 cm³/mol. The summed E-state index contributed by atoms with van der Waals surface area (Å²) in [7, 11) is 0. The van der Waals surface area contributed by atoms with E-state index in [4.69, 9.17) is 10.2 Å². The topological polar surface area (TPSA) is 64.9 Å². The molecule has 0 saturated carbocycles. The predicted octanol–water partition coefficient (Wildman–Crippen LogP) is 1.55. The van der Waals surface area contributed by atoms with Gasteiger partial charge in [0, 0.05) is 5.56 Å². The second kappa shape index (κ2) is 4.23. The quantitative estimate of drug-likeness (QED) is 0.821. The standard InChI is InChI=1S/C11H13N3O/c1-8-6-10(14-13-7-8)11-9(2-4-12)3-5-15-11/h3,5-7H,2,4,12H2,1H3. The summed E-state index contributed by atoms with van der Waals surface area (Å²) in [6.07, 6.45) is 4.17. The number of aromatic nitrogens is 2. The molecule has 78 valence electrons. The number of nitrogens with zero attached hydrogens (tertiary/aromatic N) is 2. The van der Waals surface area contributed by atoms with Gasteiger partial charge in [-0.3, -0.25) is 0 Å². The Kier molecular flexibility index (Phi) is 2.78. The Bertz CT molecular complexity index is 451. The molecule has 0 saturated heterocycles. The minimum absolute atomic E-state index is 0.603. The summed E-state index contributed by atoms with van der Waals surface area (Å²) in [5.41, 5.74) is 8.43. The minimum atomic E-state index is 0.603. The lowest BCUT2D eigenvalue weighted by molar-refractivity contribution is 0.575. The minimum Gasteiger partial charge on any atom is -0.462 e. The Morgan fingerprint density at radius 2 is 2.33 bits per heavy atom. The van der Waals surface area contributed by atoms with E-state index < -0.39 is 0 Å². The van der Waals surface area contributed by atoms with E-state index in [0.717, 1.165) is 29.0 Å². The van der Waals surface area contributed by atoms with Gasteiger partial charge in [0.15, 0.2) is 5.76 Å². The van der Waals surface area contributed by atoms with Crippen LogP contribution in [0.15, 0.2) is 29.0 Å². The van der Waals surface area contributed by atoms with E-state index in [2.05, 4.69) is 10.2 Å². The Balaban J connectivity index is 2.40. The van der Waals surface area contributed by atoms with Gasteiger partial charge in [0.2, 0.25) is 0 Å². The molecule has 2 N–H and O–H groups in total. The van der Waals surface area contributed by atoms with Gasteiger partial charge >= 0.3 is 0 Å². The molecule has 4 nitrogen and oxygen atoms in total. The van der Waals surface area contributed by atoms with Crippen molar-refractivity contribution in [2.24, 2.45) is 5.73 Å². The maximum Gasteiger partial charge on any atom is 0.157 e. The Hall–Kier alpha value is -1.68. The molecule has 4 heteroatoms. The molecular weight excluding hydrogens is 190 g/mol. The number of nitrogens with two attached hydrogens (primary N) is 1. The molecule has 2 aromatic heterocycles. The zero-order valence-electron chi connectivity index (χ0n) is 8.60. The molecular formula is C11H13N3O. The number of rotatable bonds is 3. The fraction of sp³-hybridized carbons (Fsp3) is 0.273. The zero-order chi connectivity index (χ0) is 10.7. The third-order valence-electron chi connectivity index (χ3n) is 2.18. The first-order chi connectivity index (χ1) is 7.31. The van der Waals surface area contributed by atoms with Crippen molar-refractivity contribution in [1.82, 2.24) is 10.2 Å². The fourth-order valence-electron chi connectivity index (χ4n) is 1.49. The highest BCUT2D eigenvalue weighted by atomic mass is 16.3. The Morgan fingerprint density at radius 3 is 3.07 bits per heavy atom. The molecule has 0 bridgehead atoms. The third kappa shape index (κ3) is 2.05. The van der Waals surface area contributed by atoms with E-state index in [9.17, 15) is 0 Å². The second-order valence-corrected chi connectivity index (χ2v) is 3.43. The SMILES string of the molecule is Cc1cnnc(-c2occc2CCN)c1. The maximum absolute atomic E-state index is 5.52. The van der Waals surface area contributed by atoms with Crippen LogP contribution in [0.3, 0.4) is 0 Å². The van der Waals surface area contributed by atoms with Crippen molar-refractivity contribution in [1.29, 1.82) is 0 Å². The zero-order valence-corrected chi connectivity index (χ0v) is 8.60. The van der Waals surface area contributed by atoms with Crippen molar-refractivity contribution in [3.63, 3.8) is 0 Å². The van der Waals surface area contributed by atoms with Crippen LogP contribution < -0.4 is 5.73 Å². The molecule has 2 rings (SSSR count). The summed E-state index contributed by atoms with van der Waals surface area (Å²) in [6.45, 7) is 2.58. The fourth-order valence-corrected chi connectivity index (χ4v) is 1.49. The van der Waals surface area contributed by atoms with E-state index in [-0.39, 0.29) is 0 Å². The van der Waals surface area contributed by atoms with Crippen LogP contribution in [0.5, 0.6) is 0 Å². The highest BCUT2D eigenvalue weighted by molar-refractivity contribution is 5.56. The van der Waals surface area contributed by atoms with Crippen LogP contribution in [-0.4, -0.2) is 16.7 Å². The summed E-state index contributed by atoms with van der Waals surface area (Å²) in [5, 5.41) is 7.94. The van der Waals surface area contributed by atoms with Crippen LogP contribution in [0.25, 0.3) is 11.5 Å². The monoisotopic (exact) mass is 203 g/mol. The molecule has 0 aliphatic rings. The molecule has 0 fully saturated rings. The largest absolute Gasteiger partial charge is 0.462 e. The van der Waals surface area contributed by atoms with Gasteiger partial charge in [-0.05, 0) is 37.6 Å². The number of furan rings is 1. The van der Waals surface area contributed by atoms with E-state index >= 15 is 0 Å². The molecule has 0 radical (unpaired) electrons. The van der Waals surface area contributed by atoms with Gasteiger partial charge in [0.25, 0.3) is 0 Å². The van der Waals surface area contributed by atoms with E-state index in [1.165, 1.54) is 0 Å². The smallest absolute Gasteiger partial charge is 0.157 e. The van der Waals surface area contributed by atoms with Crippen LogP contribution in [-0.2, 0) is 6.42 Å². The van der Waals surface area contributed by atoms with E-state index in [1.54, 1.807) is 12.5 Å². The molecule has 0 unspecified atom stereocenters. The van der Waals surface area contributed by atoms with Gasteiger partial charge in [0.1, 0.15) is 5.69 Å². The van der Waals surface area contributed by atoms with Gasteiger partial charge in [-0.1, -0.05) is 0 Å². The first kappa shape index (κ1) is 9.86. The highest BCUT2D eigenvalue weighted by Gasteiger charge is 2.10. The maximum atomic E-state index is 5.52. The van der Waals surface area contributed by atoms with E-state index in [0.29, 0.717) is 6.54 Å². The lowest BCUT2D eigenvalue weighted by atomic mass is 10.1. The normalized spacial score (nSPS) is 10.5. The molecule has 0 amide bonds. The van der Waals surface area contributed by atoms with Crippen LogP contribution in [0.2, 0.25) is 0 Å². The van der Waals surface area contributed by atoms with Crippen molar-refractivity contribution in [2.75, 3.05) is 6.54 Å². The first-order valence-corrected chi connectivity index (χ1v) is 4.87. The van der Waals surface area contributed by atoms with Crippen molar-refractivity contribution < 1.29 is 4.42 Å². The number of hydrogen-bond donors (Lipinski definition) is 1. The van der Waals surface area contributed by atoms with Gasteiger partial charge in [-0.25, -0.2) is 0 Å². The van der Waals surface area contributed by atoms with Crippen LogP contribution in [0.4, 0.5) is 0 Å². The number of hydrogen-bond acceptors (Lipinski definition) is 4. The van der Waals surface area contributed by atoms with Gasteiger partial charge < -0.3 is 10.2 Å². The van der Waals surface area contributed by atoms with Crippen molar-refractivity contribution in [3.05, 3.63) is 35.7 Å². The molecule has 2 heterocycles. The molecule has 0 spiro atoms. The Morgan fingerprint density at radius 1 is 1.47 bits per heavy atom. The second-order valence-electron chi connectivity index (χ2n) is 3.43. The highest BCUT2D eigenvalue weighted by Crippen LogP contribution is 2.23. The lowest BCUT2D eigenvalue weighted by Gasteiger charge is -2.00. The molecule has 0 atom stereocenters. The molecule has 0 aliphatic heterocycles. The van der Waals surface area contributed by atoms with Crippen molar-refractivity contribution in [3.8, 4) is 11.5 Å². The summed E-state index contributed by atoms with van der Waals surface area (Å²) in [6, 6.07) is 3.87. The van der Waals surface area contributed by atoms with Crippen molar-refractivity contribution >= 4 is 0 Å². The van der Waals surface area contributed by atoms with Crippen molar-refractivity contribution in [2.45, 2.75) is 13.3 Å². The van der Waals surface area contributed by atoms with E-state index in [1.807, 2.05) is 19.1 Å². The third-order valence-corrected chi connectivity index (χ3v) is 2.18. The van der Waals surface area contributed by atoms with Gasteiger partial charge in [0.05, 0.1) is 12.5 Å². The molecule has 0 aliphatic carbocycles. The summed E-state index contributed by atoms with van der Waals surface area (Å²) in [5.74, 6) is 0.775. The number of aryl methyl sites for hydroxylation is 1. The molecule has 15 heavy (non-hydrogen) atoms. The van der Waals surface area contributed by atoms with Gasteiger partial charge in [-0.2, -0.15) is 5.10 Å². The average molecular weight is 203 g/mol.